The summed E-state index contributed by atoms with van der Waals surface area (Å²) >= 11 is 0. The third-order valence-corrected chi connectivity index (χ3v) is 9.63. The van der Waals surface area contributed by atoms with Gasteiger partial charge in [0, 0.05) is 32.8 Å². The minimum absolute atomic E-state index is 0.931. The van der Waals surface area contributed by atoms with Crippen molar-refractivity contribution in [3.05, 3.63) is 163 Å². The van der Waals surface area contributed by atoms with Crippen molar-refractivity contribution in [2.24, 2.45) is 0 Å². The monoisotopic (exact) mass is 573 g/mol. The lowest BCUT2D eigenvalue weighted by atomic mass is 9.95. The number of aromatic nitrogens is 1. The average molecular weight is 574 g/mol. The summed E-state index contributed by atoms with van der Waals surface area (Å²) in [6.07, 6.45) is 0.962. The highest BCUT2D eigenvalue weighted by Crippen LogP contribution is 2.43. The van der Waals surface area contributed by atoms with E-state index in [1.807, 2.05) is 6.07 Å². The van der Waals surface area contributed by atoms with Gasteiger partial charge in [0.25, 0.3) is 0 Å². The van der Waals surface area contributed by atoms with Gasteiger partial charge >= 0.3 is 0 Å². The fourth-order valence-corrected chi connectivity index (χ4v) is 7.50. The molecule has 1 aliphatic carbocycles. The molecule has 0 aliphatic heterocycles. The molecule has 0 radical (unpaired) electrons. The van der Waals surface area contributed by atoms with Crippen LogP contribution in [0.5, 0.6) is 0 Å². The van der Waals surface area contributed by atoms with Crippen LogP contribution in [-0.4, -0.2) is 4.57 Å². The Labute approximate surface area is 260 Å². The summed E-state index contributed by atoms with van der Waals surface area (Å²) < 4.78 is 8.77. The Morgan fingerprint density at radius 1 is 0.422 bits per heavy atom. The molecular weight excluding hydrogens is 546 g/mol. The fraction of sp³-hybridized carbons (Fsp3) is 0.0233. The van der Waals surface area contributed by atoms with E-state index in [1.165, 1.54) is 66.4 Å². The zero-order valence-electron chi connectivity index (χ0n) is 24.5. The van der Waals surface area contributed by atoms with Gasteiger partial charge in [0.05, 0.1) is 11.0 Å². The van der Waals surface area contributed by atoms with E-state index in [9.17, 15) is 0 Å². The van der Waals surface area contributed by atoms with Crippen molar-refractivity contribution in [2.45, 2.75) is 6.42 Å². The van der Waals surface area contributed by atoms with E-state index in [1.54, 1.807) is 0 Å². The van der Waals surface area contributed by atoms with Crippen molar-refractivity contribution in [2.75, 3.05) is 0 Å². The fourth-order valence-electron chi connectivity index (χ4n) is 7.50. The molecule has 7 aromatic carbocycles. The van der Waals surface area contributed by atoms with Crippen molar-refractivity contribution in [1.82, 2.24) is 4.57 Å². The van der Waals surface area contributed by atoms with Gasteiger partial charge in [-0.05, 0) is 93.9 Å². The third kappa shape index (κ3) is 3.63. The van der Waals surface area contributed by atoms with Crippen molar-refractivity contribution in [3.63, 3.8) is 0 Å². The Morgan fingerprint density at radius 2 is 1.07 bits per heavy atom. The molecule has 0 fully saturated rings. The van der Waals surface area contributed by atoms with E-state index in [2.05, 4.69) is 150 Å². The van der Waals surface area contributed by atoms with Crippen LogP contribution < -0.4 is 0 Å². The number of rotatable bonds is 3. The van der Waals surface area contributed by atoms with Crippen LogP contribution >= 0.6 is 0 Å². The first-order chi connectivity index (χ1) is 22.3. The number of fused-ring (bicyclic) bond motifs is 9. The van der Waals surface area contributed by atoms with Crippen LogP contribution in [0.4, 0.5) is 0 Å². The Bertz CT molecular complexity index is 2620. The molecule has 210 valence electrons. The first kappa shape index (κ1) is 24.6. The zero-order valence-corrected chi connectivity index (χ0v) is 24.5. The van der Waals surface area contributed by atoms with Gasteiger partial charge in [-0.2, -0.15) is 0 Å². The summed E-state index contributed by atoms with van der Waals surface area (Å²) in [6, 6.07) is 55.0. The number of furan rings is 1. The summed E-state index contributed by atoms with van der Waals surface area (Å²) in [7, 11) is 0. The molecule has 2 nitrogen and oxygen atoms in total. The normalized spacial score (nSPS) is 12.4. The maximum Gasteiger partial charge on any atom is 0.143 e. The van der Waals surface area contributed by atoms with Crippen molar-refractivity contribution >= 4 is 43.7 Å². The Kier molecular flexibility index (Phi) is 5.09. The van der Waals surface area contributed by atoms with Gasteiger partial charge in [0.15, 0.2) is 0 Å². The number of benzene rings is 7. The number of hydrogen-bond acceptors (Lipinski definition) is 1. The van der Waals surface area contributed by atoms with Gasteiger partial charge in [0.2, 0.25) is 0 Å². The van der Waals surface area contributed by atoms with Gasteiger partial charge in [-0.1, -0.05) is 103 Å². The van der Waals surface area contributed by atoms with E-state index >= 15 is 0 Å². The van der Waals surface area contributed by atoms with E-state index in [0.717, 1.165) is 33.9 Å². The molecule has 45 heavy (non-hydrogen) atoms. The van der Waals surface area contributed by atoms with Gasteiger partial charge in [-0.25, -0.2) is 0 Å². The summed E-state index contributed by atoms with van der Waals surface area (Å²) in [5, 5.41) is 4.87. The molecule has 0 bridgehead atoms. The maximum absolute atomic E-state index is 6.40. The summed E-state index contributed by atoms with van der Waals surface area (Å²) in [6.45, 7) is 0. The van der Waals surface area contributed by atoms with Gasteiger partial charge in [-0.15, -0.1) is 0 Å². The lowest BCUT2D eigenvalue weighted by molar-refractivity contribution is 0.670. The molecule has 0 spiro atoms. The smallest absolute Gasteiger partial charge is 0.143 e. The molecule has 0 unspecified atom stereocenters. The standard InChI is InChI=1S/C43H27NO/c1-2-9-32(10-3-1)44-40-15-6-4-11-34(40)39-25-28(21-22-41(39)44)27-17-18-29-23-30-19-20-31(26-38(30)37(29)24-27)33-13-8-14-36-35-12-5-7-16-42(35)45-43(33)36/h1-22,24-26H,23H2. The van der Waals surface area contributed by atoms with Gasteiger partial charge < -0.3 is 8.98 Å². The minimum Gasteiger partial charge on any atom is -0.455 e. The third-order valence-electron chi connectivity index (χ3n) is 9.63. The summed E-state index contributed by atoms with van der Waals surface area (Å²) in [5.41, 5.74) is 15.7. The number of para-hydroxylation sites is 4. The second-order valence-corrected chi connectivity index (χ2v) is 12.1. The number of hydrogen-bond donors (Lipinski definition) is 0. The van der Waals surface area contributed by atoms with E-state index in [4.69, 9.17) is 4.42 Å². The van der Waals surface area contributed by atoms with Gasteiger partial charge in [0.1, 0.15) is 11.2 Å². The molecule has 1 aliphatic rings. The zero-order chi connectivity index (χ0) is 29.5. The topological polar surface area (TPSA) is 18.1 Å². The van der Waals surface area contributed by atoms with E-state index < -0.39 is 0 Å². The maximum atomic E-state index is 6.40. The molecule has 0 saturated heterocycles. The second-order valence-electron chi connectivity index (χ2n) is 12.1. The summed E-state index contributed by atoms with van der Waals surface area (Å²) in [4.78, 5) is 0. The molecule has 9 aromatic rings. The second kappa shape index (κ2) is 9.32. The summed E-state index contributed by atoms with van der Waals surface area (Å²) in [5.74, 6) is 0. The SMILES string of the molecule is c1ccc(-n2c3ccccc3c3cc(-c4ccc5c(c4)-c4cc(-c6cccc7c6oc6ccccc67)ccc4C5)ccc32)cc1. The van der Waals surface area contributed by atoms with Crippen molar-refractivity contribution in [1.29, 1.82) is 0 Å². The van der Waals surface area contributed by atoms with Crippen LogP contribution in [0.3, 0.4) is 0 Å². The predicted molar refractivity (Wildman–Crippen MR) is 187 cm³/mol. The van der Waals surface area contributed by atoms with Crippen LogP contribution in [0.15, 0.2) is 156 Å². The molecule has 0 N–H and O–H groups in total. The lowest BCUT2D eigenvalue weighted by Gasteiger charge is -2.10. The Morgan fingerprint density at radius 3 is 1.93 bits per heavy atom. The molecule has 0 atom stereocenters. The highest BCUT2D eigenvalue weighted by molar-refractivity contribution is 6.11. The van der Waals surface area contributed by atoms with Crippen LogP contribution in [0, 0.1) is 0 Å². The molecule has 2 aromatic heterocycles. The van der Waals surface area contributed by atoms with Crippen LogP contribution in [-0.2, 0) is 6.42 Å². The minimum atomic E-state index is 0.931. The predicted octanol–water partition coefficient (Wildman–Crippen LogP) is 11.6. The quantitative estimate of drug-likeness (QED) is 0.206. The Hall–Kier alpha value is -5.86. The molecular formula is C43H27NO. The van der Waals surface area contributed by atoms with Gasteiger partial charge in [-0.3, -0.25) is 0 Å². The molecule has 0 saturated carbocycles. The van der Waals surface area contributed by atoms with Crippen molar-refractivity contribution in [3.8, 4) is 39.1 Å². The van der Waals surface area contributed by atoms with Crippen LogP contribution in [0.1, 0.15) is 11.1 Å². The molecule has 2 heteroatoms. The number of nitrogens with zero attached hydrogens (tertiary/aromatic N) is 1. The highest BCUT2D eigenvalue weighted by Gasteiger charge is 2.21. The Balaban J connectivity index is 1.10. The van der Waals surface area contributed by atoms with Crippen LogP contribution in [0.2, 0.25) is 0 Å². The lowest BCUT2D eigenvalue weighted by Crippen LogP contribution is -1.92. The highest BCUT2D eigenvalue weighted by atomic mass is 16.3. The van der Waals surface area contributed by atoms with Crippen LogP contribution in [0.25, 0.3) is 82.8 Å². The molecule has 2 heterocycles. The largest absolute Gasteiger partial charge is 0.455 e. The van der Waals surface area contributed by atoms with E-state index in [0.29, 0.717) is 0 Å². The van der Waals surface area contributed by atoms with Crippen molar-refractivity contribution < 1.29 is 4.42 Å². The molecule has 10 rings (SSSR count). The first-order valence-electron chi connectivity index (χ1n) is 15.6. The first-order valence-corrected chi connectivity index (χ1v) is 15.6. The van der Waals surface area contributed by atoms with E-state index in [-0.39, 0.29) is 0 Å². The average Bonchev–Trinajstić information content (AvgIpc) is 3.77. The molecule has 0 amide bonds.